The summed E-state index contributed by atoms with van der Waals surface area (Å²) in [5.41, 5.74) is 0. The van der Waals surface area contributed by atoms with Gasteiger partial charge in [-0.3, -0.25) is 0 Å². The molecule has 1 rings (SSSR count). The Balaban J connectivity index is 2.28. The summed E-state index contributed by atoms with van der Waals surface area (Å²) < 4.78 is 5.30. The first-order valence-corrected chi connectivity index (χ1v) is 6.26. The van der Waals surface area contributed by atoms with E-state index in [1.807, 2.05) is 0 Å². The monoisotopic (exact) mass is 215 g/mol. The molecule has 90 valence electrons. The van der Waals surface area contributed by atoms with Crippen molar-refractivity contribution in [3.05, 3.63) is 0 Å². The molecule has 0 aromatic carbocycles. The van der Waals surface area contributed by atoms with Gasteiger partial charge in [0.15, 0.2) is 0 Å². The van der Waals surface area contributed by atoms with E-state index in [9.17, 15) is 5.11 Å². The van der Waals surface area contributed by atoms with Crippen LogP contribution in [0.25, 0.3) is 0 Å². The molecule has 0 aliphatic carbocycles. The average Bonchev–Trinajstić information content (AvgIpc) is 2.71. The molecule has 0 spiro atoms. The molecule has 0 amide bonds. The zero-order chi connectivity index (χ0) is 11.1. The molecule has 1 fully saturated rings. The molecule has 3 heteroatoms. The highest BCUT2D eigenvalue weighted by atomic mass is 16.5. The van der Waals surface area contributed by atoms with Crippen molar-refractivity contribution in [1.82, 2.24) is 4.90 Å². The average molecular weight is 215 g/mol. The lowest BCUT2D eigenvalue weighted by atomic mass is 10.0. The Morgan fingerprint density at radius 1 is 1.33 bits per heavy atom. The Bertz CT molecular complexity index is 152. The van der Waals surface area contributed by atoms with E-state index in [0.717, 1.165) is 52.1 Å². The Morgan fingerprint density at radius 3 is 2.47 bits per heavy atom. The summed E-state index contributed by atoms with van der Waals surface area (Å²) in [7, 11) is 0. The van der Waals surface area contributed by atoms with E-state index in [0.29, 0.717) is 5.92 Å². The maximum absolute atomic E-state index is 10.1. The second-order valence-corrected chi connectivity index (χ2v) is 4.49. The number of rotatable bonds is 7. The van der Waals surface area contributed by atoms with Gasteiger partial charge in [-0.05, 0) is 32.4 Å². The van der Waals surface area contributed by atoms with Crippen LogP contribution in [-0.2, 0) is 4.74 Å². The van der Waals surface area contributed by atoms with Crippen LogP contribution in [0.2, 0.25) is 0 Å². The van der Waals surface area contributed by atoms with Crippen LogP contribution in [0.1, 0.15) is 33.1 Å². The van der Waals surface area contributed by atoms with E-state index in [1.54, 1.807) is 0 Å². The molecular weight excluding hydrogens is 190 g/mol. The summed E-state index contributed by atoms with van der Waals surface area (Å²) in [6.45, 7) is 8.95. The molecule has 3 nitrogen and oxygen atoms in total. The maximum Gasteiger partial charge on any atom is 0.0718 e. The van der Waals surface area contributed by atoms with Crippen LogP contribution in [0, 0.1) is 5.92 Å². The second-order valence-electron chi connectivity index (χ2n) is 4.49. The Kier molecular flexibility index (Phi) is 6.22. The van der Waals surface area contributed by atoms with Crippen LogP contribution in [-0.4, -0.2) is 49.0 Å². The van der Waals surface area contributed by atoms with Gasteiger partial charge in [0.05, 0.1) is 12.7 Å². The molecule has 15 heavy (non-hydrogen) atoms. The molecule has 1 aliphatic heterocycles. The van der Waals surface area contributed by atoms with Crippen molar-refractivity contribution in [1.29, 1.82) is 0 Å². The normalized spacial score (nSPS) is 23.6. The Labute approximate surface area is 93.4 Å². The molecule has 0 saturated carbocycles. The number of hydrogen-bond donors (Lipinski definition) is 1. The third kappa shape index (κ3) is 4.49. The van der Waals surface area contributed by atoms with Gasteiger partial charge in [-0.15, -0.1) is 0 Å². The largest absolute Gasteiger partial charge is 0.391 e. The molecule has 2 unspecified atom stereocenters. The molecular formula is C12H25NO2. The Hall–Kier alpha value is -0.120. The van der Waals surface area contributed by atoms with Gasteiger partial charge in [0, 0.05) is 19.1 Å². The molecule has 0 aromatic heterocycles. The smallest absolute Gasteiger partial charge is 0.0718 e. The minimum Gasteiger partial charge on any atom is -0.391 e. The van der Waals surface area contributed by atoms with Crippen LogP contribution in [0.5, 0.6) is 0 Å². The topological polar surface area (TPSA) is 32.7 Å². The van der Waals surface area contributed by atoms with Gasteiger partial charge in [0.1, 0.15) is 0 Å². The summed E-state index contributed by atoms with van der Waals surface area (Å²) in [6.07, 6.45) is 3.14. The highest BCUT2D eigenvalue weighted by Crippen LogP contribution is 2.17. The number of aliphatic hydroxyl groups excluding tert-OH is 1. The molecule has 1 heterocycles. The number of ether oxygens (including phenoxy) is 1. The molecule has 0 bridgehead atoms. The third-order valence-corrected chi connectivity index (χ3v) is 3.03. The van der Waals surface area contributed by atoms with E-state index >= 15 is 0 Å². The fourth-order valence-electron chi connectivity index (χ4n) is 2.20. The first-order chi connectivity index (χ1) is 7.27. The standard InChI is InChI=1S/C12H25NO2/c1-3-6-13(7-4-2)9-12(14)11-5-8-15-10-11/h11-12,14H,3-10H2,1-2H3. The SMILES string of the molecule is CCCN(CCC)CC(O)C1CCOC1. The predicted molar refractivity (Wildman–Crippen MR) is 62.0 cm³/mol. The fraction of sp³-hybridized carbons (Fsp3) is 1.00. The van der Waals surface area contributed by atoms with Gasteiger partial charge < -0.3 is 14.7 Å². The van der Waals surface area contributed by atoms with Crippen molar-refractivity contribution in [3.63, 3.8) is 0 Å². The minimum absolute atomic E-state index is 0.203. The van der Waals surface area contributed by atoms with Crippen molar-refractivity contribution in [2.45, 2.75) is 39.2 Å². The van der Waals surface area contributed by atoms with Gasteiger partial charge in [0.2, 0.25) is 0 Å². The van der Waals surface area contributed by atoms with Crippen molar-refractivity contribution in [3.8, 4) is 0 Å². The minimum atomic E-state index is -0.203. The molecule has 1 aliphatic rings. The molecule has 1 saturated heterocycles. The van der Waals surface area contributed by atoms with E-state index in [1.165, 1.54) is 0 Å². The van der Waals surface area contributed by atoms with E-state index in [4.69, 9.17) is 4.74 Å². The number of nitrogens with zero attached hydrogens (tertiary/aromatic N) is 1. The third-order valence-electron chi connectivity index (χ3n) is 3.03. The first-order valence-electron chi connectivity index (χ1n) is 6.26. The lowest BCUT2D eigenvalue weighted by Crippen LogP contribution is -2.37. The van der Waals surface area contributed by atoms with Gasteiger partial charge >= 0.3 is 0 Å². The van der Waals surface area contributed by atoms with Gasteiger partial charge in [0.25, 0.3) is 0 Å². The first kappa shape index (κ1) is 12.9. The quantitative estimate of drug-likeness (QED) is 0.698. The van der Waals surface area contributed by atoms with Crippen molar-refractivity contribution in [2.75, 3.05) is 32.8 Å². The van der Waals surface area contributed by atoms with Crippen molar-refractivity contribution < 1.29 is 9.84 Å². The highest BCUT2D eigenvalue weighted by molar-refractivity contribution is 4.75. The number of aliphatic hydroxyl groups is 1. The molecule has 0 aromatic rings. The molecule has 1 N–H and O–H groups in total. The Morgan fingerprint density at radius 2 is 2.00 bits per heavy atom. The lowest BCUT2D eigenvalue weighted by molar-refractivity contribution is 0.0558. The number of hydrogen-bond acceptors (Lipinski definition) is 3. The van der Waals surface area contributed by atoms with Gasteiger partial charge in [-0.2, -0.15) is 0 Å². The summed E-state index contributed by atoms with van der Waals surface area (Å²) >= 11 is 0. The lowest BCUT2D eigenvalue weighted by Gasteiger charge is -2.26. The van der Waals surface area contributed by atoms with Crippen LogP contribution in [0.4, 0.5) is 0 Å². The van der Waals surface area contributed by atoms with E-state index in [-0.39, 0.29) is 6.10 Å². The van der Waals surface area contributed by atoms with Crippen LogP contribution in [0.3, 0.4) is 0 Å². The zero-order valence-corrected chi connectivity index (χ0v) is 10.1. The van der Waals surface area contributed by atoms with Crippen molar-refractivity contribution >= 4 is 0 Å². The summed E-state index contributed by atoms with van der Waals surface area (Å²) in [5, 5.41) is 10.1. The second kappa shape index (κ2) is 7.20. The predicted octanol–water partition coefficient (Wildman–Crippen LogP) is 1.51. The van der Waals surface area contributed by atoms with Crippen molar-refractivity contribution in [2.24, 2.45) is 5.92 Å². The maximum atomic E-state index is 10.1. The zero-order valence-electron chi connectivity index (χ0n) is 10.1. The highest BCUT2D eigenvalue weighted by Gasteiger charge is 2.25. The van der Waals surface area contributed by atoms with E-state index < -0.39 is 0 Å². The summed E-state index contributed by atoms with van der Waals surface area (Å²) in [6, 6.07) is 0. The van der Waals surface area contributed by atoms with Gasteiger partial charge in [-0.1, -0.05) is 13.8 Å². The summed E-state index contributed by atoms with van der Waals surface area (Å²) in [5.74, 6) is 0.362. The van der Waals surface area contributed by atoms with Crippen LogP contribution >= 0.6 is 0 Å². The summed E-state index contributed by atoms with van der Waals surface area (Å²) in [4.78, 5) is 2.36. The molecule has 2 atom stereocenters. The van der Waals surface area contributed by atoms with Crippen LogP contribution in [0.15, 0.2) is 0 Å². The van der Waals surface area contributed by atoms with Crippen LogP contribution < -0.4 is 0 Å². The van der Waals surface area contributed by atoms with Gasteiger partial charge in [-0.25, -0.2) is 0 Å². The molecule has 0 radical (unpaired) electrons. The fourth-order valence-corrected chi connectivity index (χ4v) is 2.20. The van der Waals surface area contributed by atoms with E-state index in [2.05, 4.69) is 18.7 Å².